The average Bonchev–Trinajstić information content (AvgIpc) is 2.41. The van der Waals surface area contributed by atoms with E-state index in [0.717, 1.165) is 6.42 Å². The molecule has 23 heavy (non-hydrogen) atoms. The van der Waals surface area contributed by atoms with Gasteiger partial charge in [0, 0.05) is 18.4 Å². The largest absolute Gasteiger partial charge is 0.456 e. The van der Waals surface area contributed by atoms with Crippen LogP contribution in [0, 0.1) is 11.8 Å². The molecule has 2 N–H and O–H groups in total. The van der Waals surface area contributed by atoms with E-state index in [9.17, 15) is 19.8 Å². The summed E-state index contributed by atoms with van der Waals surface area (Å²) in [5.74, 6) is -0.920. The van der Waals surface area contributed by atoms with Crippen LogP contribution in [0.25, 0.3) is 0 Å². The number of hydrogen-bond acceptors (Lipinski definition) is 6. The van der Waals surface area contributed by atoms with Crippen molar-refractivity contribution in [3.8, 4) is 0 Å². The molecular weight excluding hydrogens is 300 g/mol. The lowest BCUT2D eigenvalue weighted by atomic mass is 9.53. The highest BCUT2D eigenvalue weighted by molar-refractivity contribution is 5.88. The van der Waals surface area contributed by atoms with Crippen LogP contribution in [0.15, 0.2) is 12.2 Å². The molecule has 0 spiro atoms. The third kappa shape index (κ3) is 3.15. The van der Waals surface area contributed by atoms with Gasteiger partial charge in [-0.3, -0.25) is 0 Å². The number of carbonyl (C=O) groups is 2. The average molecular weight is 324 g/mol. The first-order chi connectivity index (χ1) is 10.7. The standard InChI is InChI=1S/C17H24O6/c1-10(2)15(20)22-8-14(19)23-17-6-11-5-16(21,9-17)4-3-12(11)13(18)7-17/h11-13,18,21H,1,3-9H2,2H3. The van der Waals surface area contributed by atoms with Crippen LogP contribution in [0.4, 0.5) is 0 Å². The van der Waals surface area contributed by atoms with E-state index >= 15 is 0 Å². The number of carbonyl (C=O) groups excluding carboxylic acids is 2. The van der Waals surface area contributed by atoms with Crippen molar-refractivity contribution in [2.45, 2.75) is 62.8 Å². The van der Waals surface area contributed by atoms with Gasteiger partial charge in [0.25, 0.3) is 0 Å². The molecule has 3 fully saturated rings. The molecule has 3 aliphatic carbocycles. The summed E-state index contributed by atoms with van der Waals surface area (Å²) in [6.07, 6.45) is 2.97. The Morgan fingerprint density at radius 3 is 2.74 bits per heavy atom. The van der Waals surface area contributed by atoms with Gasteiger partial charge in [0.15, 0.2) is 6.61 Å². The van der Waals surface area contributed by atoms with Gasteiger partial charge in [-0.15, -0.1) is 0 Å². The normalized spacial score (nSPS) is 41.3. The van der Waals surface area contributed by atoms with Gasteiger partial charge in [-0.25, -0.2) is 9.59 Å². The molecule has 0 heterocycles. The molecule has 0 radical (unpaired) electrons. The van der Waals surface area contributed by atoms with E-state index in [2.05, 4.69) is 6.58 Å². The van der Waals surface area contributed by atoms with Crippen molar-refractivity contribution in [2.24, 2.45) is 11.8 Å². The molecule has 6 heteroatoms. The first-order valence-corrected chi connectivity index (χ1v) is 8.17. The molecule has 5 atom stereocenters. The molecule has 3 aliphatic rings. The summed E-state index contributed by atoms with van der Waals surface area (Å²) in [6, 6.07) is 0. The number of esters is 2. The molecular formula is C17H24O6. The Kier molecular flexibility index (Phi) is 4.01. The van der Waals surface area contributed by atoms with E-state index in [1.54, 1.807) is 0 Å². The van der Waals surface area contributed by atoms with E-state index < -0.39 is 35.9 Å². The van der Waals surface area contributed by atoms with Gasteiger partial charge < -0.3 is 19.7 Å². The Bertz CT molecular complexity index is 539. The van der Waals surface area contributed by atoms with Crippen LogP contribution in [0.1, 0.15) is 45.4 Å². The van der Waals surface area contributed by atoms with Gasteiger partial charge in [0.1, 0.15) is 5.60 Å². The van der Waals surface area contributed by atoms with Crippen molar-refractivity contribution in [1.82, 2.24) is 0 Å². The number of aliphatic hydroxyl groups is 2. The fourth-order valence-electron chi connectivity index (χ4n) is 4.78. The van der Waals surface area contributed by atoms with E-state index in [0.29, 0.717) is 32.1 Å². The summed E-state index contributed by atoms with van der Waals surface area (Å²) < 4.78 is 10.4. The number of ether oxygens (including phenoxy) is 2. The second-order valence-electron chi connectivity index (χ2n) is 7.56. The lowest BCUT2D eigenvalue weighted by Gasteiger charge is -2.58. The predicted octanol–water partition coefficient (Wildman–Crippen LogP) is 1.09. The summed E-state index contributed by atoms with van der Waals surface area (Å²) in [5, 5.41) is 21.1. The van der Waals surface area contributed by atoms with E-state index in [1.165, 1.54) is 6.92 Å². The van der Waals surface area contributed by atoms with Crippen molar-refractivity contribution < 1.29 is 29.3 Å². The monoisotopic (exact) mass is 324 g/mol. The Labute approximate surface area is 135 Å². The van der Waals surface area contributed by atoms with Gasteiger partial charge >= 0.3 is 11.9 Å². The molecule has 3 rings (SSSR count). The maximum atomic E-state index is 12.1. The minimum Gasteiger partial charge on any atom is -0.456 e. The number of aliphatic hydroxyl groups excluding tert-OH is 1. The maximum absolute atomic E-state index is 12.1. The fraction of sp³-hybridized carbons (Fsp3) is 0.765. The molecule has 0 saturated heterocycles. The van der Waals surface area contributed by atoms with Crippen molar-refractivity contribution in [3.63, 3.8) is 0 Å². The highest BCUT2D eigenvalue weighted by Crippen LogP contribution is 2.57. The third-order valence-corrected chi connectivity index (χ3v) is 5.55. The molecule has 128 valence electrons. The highest BCUT2D eigenvalue weighted by Gasteiger charge is 2.59. The van der Waals surface area contributed by atoms with Crippen molar-refractivity contribution in [2.75, 3.05) is 6.61 Å². The highest BCUT2D eigenvalue weighted by atomic mass is 16.6. The lowest BCUT2D eigenvalue weighted by molar-refractivity contribution is -0.226. The second kappa shape index (κ2) is 5.60. The van der Waals surface area contributed by atoms with Gasteiger partial charge in [-0.05, 0) is 44.4 Å². The molecule has 0 aromatic carbocycles. The number of fused-ring (bicyclic) bond motifs is 2. The van der Waals surface area contributed by atoms with Crippen molar-refractivity contribution in [1.29, 1.82) is 0 Å². The zero-order chi connectivity index (χ0) is 16.8. The van der Waals surface area contributed by atoms with Gasteiger partial charge in [0.05, 0.1) is 11.7 Å². The first-order valence-electron chi connectivity index (χ1n) is 8.17. The molecule has 6 nitrogen and oxygen atoms in total. The van der Waals surface area contributed by atoms with Gasteiger partial charge in [-0.1, -0.05) is 6.58 Å². The summed E-state index contributed by atoms with van der Waals surface area (Å²) in [5.41, 5.74) is -1.44. The second-order valence-corrected chi connectivity index (χ2v) is 7.56. The number of hydrogen-bond donors (Lipinski definition) is 2. The van der Waals surface area contributed by atoms with Crippen molar-refractivity contribution in [3.05, 3.63) is 12.2 Å². The Balaban J connectivity index is 1.67. The molecule has 5 unspecified atom stereocenters. The molecule has 0 aromatic rings. The summed E-state index contributed by atoms with van der Waals surface area (Å²) in [4.78, 5) is 23.4. The van der Waals surface area contributed by atoms with Crippen LogP contribution in [0.3, 0.4) is 0 Å². The van der Waals surface area contributed by atoms with Crippen LogP contribution in [0.2, 0.25) is 0 Å². The molecule has 0 aromatic heterocycles. The molecule has 0 amide bonds. The summed E-state index contributed by atoms with van der Waals surface area (Å²) in [6.45, 7) is 4.48. The smallest absolute Gasteiger partial charge is 0.344 e. The zero-order valence-electron chi connectivity index (χ0n) is 13.4. The van der Waals surface area contributed by atoms with Crippen LogP contribution in [-0.2, 0) is 19.1 Å². The minimum atomic E-state index is -0.847. The SMILES string of the molecule is C=C(C)C(=O)OCC(=O)OC12CC(O)C3CCC(O)(CC3C1)C2. The van der Waals surface area contributed by atoms with Crippen LogP contribution >= 0.6 is 0 Å². The Morgan fingerprint density at radius 2 is 2.04 bits per heavy atom. The van der Waals surface area contributed by atoms with Crippen LogP contribution in [0.5, 0.6) is 0 Å². The zero-order valence-corrected chi connectivity index (χ0v) is 13.4. The van der Waals surface area contributed by atoms with E-state index in [-0.39, 0.29) is 17.4 Å². The Hall–Kier alpha value is -1.40. The predicted molar refractivity (Wildman–Crippen MR) is 80.2 cm³/mol. The minimum absolute atomic E-state index is 0.178. The van der Waals surface area contributed by atoms with Gasteiger partial charge in [0.2, 0.25) is 0 Å². The Morgan fingerprint density at radius 1 is 1.30 bits per heavy atom. The first kappa shape index (κ1) is 16.5. The van der Waals surface area contributed by atoms with E-state index in [4.69, 9.17) is 9.47 Å². The fourth-order valence-corrected chi connectivity index (χ4v) is 4.78. The quantitative estimate of drug-likeness (QED) is 0.594. The van der Waals surface area contributed by atoms with Crippen LogP contribution < -0.4 is 0 Å². The molecule has 3 bridgehead atoms. The van der Waals surface area contributed by atoms with Crippen LogP contribution in [-0.4, -0.2) is 46.1 Å². The van der Waals surface area contributed by atoms with Crippen molar-refractivity contribution >= 4 is 11.9 Å². The maximum Gasteiger partial charge on any atom is 0.344 e. The topological polar surface area (TPSA) is 93.1 Å². The summed E-state index contributed by atoms with van der Waals surface area (Å²) >= 11 is 0. The summed E-state index contributed by atoms with van der Waals surface area (Å²) in [7, 11) is 0. The third-order valence-electron chi connectivity index (χ3n) is 5.55. The number of rotatable bonds is 4. The molecule has 3 saturated carbocycles. The molecule has 0 aliphatic heterocycles. The van der Waals surface area contributed by atoms with Gasteiger partial charge in [-0.2, -0.15) is 0 Å². The lowest BCUT2D eigenvalue weighted by Crippen LogP contribution is -2.61. The van der Waals surface area contributed by atoms with E-state index in [1.807, 2.05) is 0 Å².